The van der Waals surface area contributed by atoms with Gasteiger partial charge in [0.15, 0.2) is 0 Å². The number of amides is 1. The van der Waals surface area contributed by atoms with Crippen molar-refractivity contribution in [1.29, 1.82) is 0 Å². The van der Waals surface area contributed by atoms with E-state index in [0.717, 1.165) is 15.7 Å². The molecule has 5 nitrogen and oxygen atoms in total. The van der Waals surface area contributed by atoms with E-state index in [1.54, 1.807) is 13.1 Å². The van der Waals surface area contributed by atoms with E-state index in [1.807, 2.05) is 54.6 Å². The Bertz CT molecular complexity index is 866. The van der Waals surface area contributed by atoms with Gasteiger partial charge in [0.2, 0.25) is 5.95 Å². The Morgan fingerprint density at radius 3 is 2.48 bits per heavy atom. The van der Waals surface area contributed by atoms with Crippen LogP contribution in [0.1, 0.15) is 21.6 Å². The van der Waals surface area contributed by atoms with Crippen LogP contribution in [0.5, 0.6) is 0 Å². The lowest BCUT2D eigenvalue weighted by atomic mass is 10.2. The lowest BCUT2D eigenvalue weighted by molar-refractivity contribution is 0.102. The van der Waals surface area contributed by atoms with E-state index in [4.69, 9.17) is 0 Å². The molecule has 0 aliphatic heterocycles. The average Bonchev–Trinajstić information content (AvgIpc) is 2.63. The van der Waals surface area contributed by atoms with Gasteiger partial charge in [0, 0.05) is 22.9 Å². The number of hydrogen-bond donors (Lipinski definition) is 2. The first kappa shape index (κ1) is 17.1. The zero-order valence-corrected chi connectivity index (χ0v) is 15.2. The smallest absolute Gasteiger partial charge is 0.259 e. The van der Waals surface area contributed by atoms with Crippen molar-refractivity contribution >= 4 is 33.5 Å². The highest BCUT2D eigenvalue weighted by Crippen LogP contribution is 2.16. The Balaban J connectivity index is 1.66. The van der Waals surface area contributed by atoms with E-state index >= 15 is 0 Å². The summed E-state index contributed by atoms with van der Waals surface area (Å²) in [6.07, 6.45) is 1.55. The predicted molar refractivity (Wildman–Crippen MR) is 103 cm³/mol. The highest BCUT2D eigenvalue weighted by Gasteiger charge is 2.12. The number of halogens is 1. The first-order valence-corrected chi connectivity index (χ1v) is 8.59. The van der Waals surface area contributed by atoms with E-state index in [1.165, 1.54) is 0 Å². The Morgan fingerprint density at radius 2 is 1.80 bits per heavy atom. The van der Waals surface area contributed by atoms with Crippen LogP contribution in [0.2, 0.25) is 0 Å². The summed E-state index contributed by atoms with van der Waals surface area (Å²) in [5.74, 6) is 0.274. The van der Waals surface area contributed by atoms with Crippen molar-refractivity contribution < 1.29 is 4.79 Å². The molecule has 3 aromatic rings. The molecule has 0 atom stereocenters. The van der Waals surface area contributed by atoms with Crippen molar-refractivity contribution in [2.24, 2.45) is 0 Å². The summed E-state index contributed by atoms with van der Waals surface area (Å²) in [4.78, 5) is 21.0. The molecule has 1 amide bonds. The summed E-state index contributed by atoms with van der Waals surface area (Å²) < 4.78 is 0.957. The van der Waals surface area contributed by atoms with Gasteiger partial charge in [0.05, 0.1) is 11.3 Å². The number of hydrogen-bond acceptors (Lipinski definition) is 4. The highest BCUT2D eigenvalue weighted by atomic mass is 79.9. The first-order valence-electron chi connectivity index (χ1n) is 7.80. The van der Waals surface area contributed by atoms with Crippen LogP contribution >= 0.6 is 15.9 Å². The summed E-state index contributed by atoms with van der Waals surface area (Å²) in [6, 6.07) is 17.4. The van der Waals surface area contributed by atoms with Crippen LogP contribution in [0, 0.1) is 6.92 Å². The fourth-order valence-electron chi connectivity index (χ4n) is 2.28. The molecule has 3 rings (SSSR count). The van der Waals surface area contributed by atoms with Crippen LogP contribution in [-0.2, 0) is 6.54 Å². The van der Waals surface area contributed by atoms with Crippen LogP contribution in [0.3, 0.4) is 0 Å². The fourth-order valence-corrected chi connectivity index (χ4v) is 2.55. The second-order valence-corrected chi connectivity index (χ2v) is 6.41. The largest absolute Gasteiger partial charge is 0.350 e. The second-order valence-electron chi connectivity index (χ2n) is 5.49. The Kier molecular flexibility index (Phi) is 5.40. The van der Waals surface area contributed by atoms with Gasteiger partial charge in [0.25, 0.3) is 5.91 Å². The summed E-state index contributed by atoms with van der Waals surface area (Å²) in [7, 11) is 0. The Labute approximate surface area is 154 Å². The van der Waals surface area contributed by atoms with Crippen LogP contribution in [-0.4, -0.2) is 15.9 Å². The molecule has 0 bridgehead atoms. The Morgan fingerprint density at radius 1 is 1.08 bits per heavy atom. The predicted octanol–water partition coefficient (Wildman–Crippen LogP) is 4.41. The van der Waals surface area contributed by atoms with Gasteiger partial charge in [-0.1, -0.05) is 46.3 Å². The van der Waals surface area contributed by atoms with Crippen molar-refractivity contribution in [3.63, 3.8) is 0 Å². The lowest BCUT2D eigenvalue weighted by Gasteiger charge is -2.09. The van der Waals surface area contributed by atoms with Gasteiger partial charge < -0.3 is 10.6 Å². The molecule has 1 heterocycles. The number of nitrogens with zero attached hydrogens (tertiary/aromatic N) is 2. The summed E-state index contributed by atoms with van der Waals surface area (Å²) in [5, 5.41) is 6.01. The van der Waals surface area contributed by atoms with Crippen molar-refractivity contribution in [2.75, 3.05) is 10.6 Å². The molecule has 0 radical (unpaired) electrons. The molecule has 1 aromatic heterocycles. The molecular weight excluding hydrogens is 380 g/mol. The molecule has 0 aliphatic rings. The normalized spacial score (nSPS) is 10.3. The maximum Gasteiger partial charge on any atom is 0.259 e. The topological polar surface area (TPSA) is 66.9 Å². The molecule has 0 spiro atoms. The standard InChI is InChI=1S/C19H17BrN4O/c1-13-17(18(25)24-16-9-7-15(20)8-10-16)12-22-19(23-13)21-11-14-5-3-2-4-6-14/h2-10,12H,11H2,1H3,(H,24,25)(H,21,22,23). The Hall–Kier alpha value is -2.73. The number of carbonyl (C=O) groups excluding carboxylic acids is 1. The minimum atomic E-state index is -0.227. The first-order chi connectivity index (χ1) is 12.1. The number of anilines is 2. The van der Waals surface area contributed by atoms with Crippen LogP contribution in [0.4, 0.5) is 11.6 Å². The molecular formula is C19H17BrN4O. The third kappa shape index (κ3) is 4.64. The molecule has 0 saturated carbocycles. The quantitative estimate of drug-likeness (QED) is 0.669. The van der Waals surface area contributed by atoms with E-state index < -0.39 is 0 Å². The summed E-state index contributed by atoms with van der Waals surface area (Å²) in [5.41, 5.74) is 2.94. The van der Waals surface area contributed by atoms with E-state index in [-0.39, 0.29) is 5.91 Å². The van der Waals surface area contributed by atoms with Gasteiger partial charge in [0.1, 0.15) is 0 Å². The molecule has 2 aromatic carbocycles. The lowest BCUT2D eigenvalue weighted by Crippen LogP contribution is -2.15. The molecule has 25 heavy (non-hydrogen) atoms. The zero-order valence-electron chi connectivity index (χ0n) is 13.7. The van der Waals surface area contributed by atoms with E-state index in [0.29, 0.717) is 23.8 Å². The van der Waals surface area contributed by atoms with Gasteiger partial charge >= 0.3 is 0 Å². The van der Waals surface area contributed by atoms with E-state index in [2.05, 4.69) is 36.5 Å². The summed E-state index contributed by atoms with van der Waals surface area (Å²) >= 11 is 3.37. The number of benzene rings is 2. The zero-order chi connectivity index (χ0) is 17.6. The second kappa shape index (κ2) is 7.90. The minimum Gasteiger partial charge on any atom is -0.350 e. The molecule has 2 N–H and O–H groups in total. The highest BCUT2D eigenvalue weighted by molar-refractivity contribution is 9.10. The molecule has 0 aliphatic carbocycles. The van der Waals surface area contributed by atoms with E-state index in [9.17, 15) is 4.79 Å². The van der Waals surface area contributed by atoms with Crippen molar-refractivity contribution in [2.45, 2.75) is 13.5 Å². The van der Waals surface area contributed by atoms with Crippen molar-refractivity contribution in [1.82, 2.24) is 9.97 Å². The van der Waals surface area contributed by atoms with Crippen molar-refractivity contribution in [3.8, 4) is 0 Å². The SMILES string of the molecule is Cc1nc(NCc2ccccc2)ncc1C(=O)Nc1ccc(Br)cc1. The van der Waals surface area contributed by atoms with Crippen LogP contribution in [0.25, 0.3) is 0 Å². The van der Waals surface area contributed by atoms with Gasteiger partial charge in [-0.25, -0.2) is 9.97 Å². The van der Waals surface area contributed by atoms with Gasteiger partial charge in [-0.3, -0.25) is 4.79 Å². The van der Waals surface area contributed by atoms with Crippen LogP contribution < -0.4 is 10.6 Å². The minimum absolute atomic E-state index is 0.227. The third-order valence-electron chi connectivity index (χ3n) is 3.62. The maximum absolute atomic E-state index is 12.4. The van der Waals surface area contributed by atoms with Gasteiger partial charge in [-0.05, 0) is 36.8 Å². The maximum atomic E-state index is 12.4. The third-order valence-corrected chi connectivity index (χ3v) is 4.15. The molecule has 126 valence electrons. The number of aromatic nitrogens is 2. The number of carbonyl (C=O) groups is 1. The molecule has 6 heteroatoms. The number of nitrogens with one attached hydrogen (secondary N) is 2. The number of rotatable bonds is 5. The van der Waals surface area contributed by atoms with Crippen LogP contribution in [0.15, 0.2) is 65.3 Å². The van der Waals surface area contributed by atoms with Gasteiger partial charge in [-0.2, -0.15) is 0 Å². The molecule has 0 unspecified atom stereocenters. The fraction of sp³-hybridized carbons (Fsp3) is 0.105. The summed E-state index contributed by atoms with van der Waals surface area (Å²) in [6.45, 7) is 2.43. The molecule has 0 fully saturated rings. The monoisotopic (exact) mass is 396 g/mol. The van der Waals surface area contributed by atoms with Gasteiger partial charge in [-0.15, -0.1) is 0 Å². The van der Waals surface area contributed by atoms with Crippen molar-refractivity contribution in [3.05, 3.63) is 82.1 Å². The average molecular weight is 397 g/mol. The molecule has 0 saturated heterocycles. The number of aryl methyl sites for hydroxylation is 1.